The van der Waals surface area contributed by atoms with E-state index in [0.717, 1.165) is 6.42 Å². The van der Waals surface area contributed by atoms with Crippen molar-refractivity contribution < 1.29 is 0 Å². The van der Waals surface area contributed by atoms with Gasteiger partial charge in [-0.1, -0.05) is 25.5 Å². The lowest BCUT2D eigenvalue weighted by molar-refractivity contribution is 0.703. The molecular weight excluding hydrogens is 98.1 g/mol. The molecule has 0 saturated carbocycles. The maximum absolute atomic E-state index is 5.61. The first-order valence-corrected chi connectivity index (χ1v) is 3.19. The van der Waals surface area contributed by atoms with Crippen LogP contribution in [0.5, 0.6) is 0 Å². The highest BCUT2D eigenvalue weighted by molar-refractivity contribution is 4.87. The molecule has 0 aliphatic rings. The minimum atomic E-state index is 0.282. The minimum absolute atomic E-state index is 0.282. The summed E-state index contributed by atoms with van der Waals surface area (Å²) in [7, 11) is 0. The average Bonchev–Trinajstić information content (AvgIpc) is 1.68. The fraction of sp³-hybridized carbons (Fsp3) is 0.714. The zero-order valence-corrected chi connectivity index (χ0v) is 5.72. The highest BCUT2D eigenvalue weighted by Crippen LogP contribution is 1.93. The van der Waals surface area contributed by atoms with E-state index in [1.54, 1.807) is 0 Å². The number of rotatable bonds is 3. The molecule has 1 atom stereocenters. The normalized spacial score (nSPS) is 14.9. The van der Waals surface area contributed by atoms with E-state index in [9.17, 15) is 0 Å². The summed E-state index contributed by atoms with van der Waals surface area (Å²) in [4.78, 5) is 0. The van der Waals surface area contributed by atoms with E-state index < -0.39 is 0 Å². The molecule has 0 spiro atoms. The molecule has 0 aliphatic heterocycles. The summed E-state index contributed by atoms with van der Waals surface area (Å²) >= 11 is 0. The molecule has 1 heteroatoms. The van der Waals surface area contributed by atoms with Crippen molar-refractivity contribution in [3.63, 3.8) is 0 Å². The van der Waals surface area contributed by atoms with Gasteiger partial charge in [0.25, 0.3) is 0 Å². The molecule has 0 saturated heterocycles. The van der Waals surface area contributed by atoms with Crippen LogP contribution in [0.2, 0.25) is 0 Å². The van der Waals surface area contributed by atoms with Gasteiger partial charge in [0.15, 0.2) is 0 Å². The molecular formula is C7H15N. The van der Waals surface area contributed by atoms with E-state index in [4.69, 9.17) is 5.73 Å². The molecule has 0 aromatic carbocycles. The van der Waals surface area contributed by atoms with Crippen molar-refractivity contribution in [2.75, 3.05) is 0 Å². The van der Waals surface area contributed by atoms with Gasteiger partial charge in [0, 0.05) is 6.04 Å². The van der Waals surface area contributed by atoms with Crippen molar-refractivity contribution in [2.45, 2.75) is 32.7 Å². The van der Waals surface area contributed by atoms with Gasteiger partial charge in [-0.2, -0.15) is 0 Å². The summed E-state index contributed by atoms with van der Waals surface area (Å²) in [6.07, 6.45) is 6.31. The second kappa shape index (κ2) is 4.85. The molecule has 1 nitrogen and oxygen atoms in total. The predicted octanol–water partition coefficient (Wildman–Crippen LogP) is 1.69. The van der Waals surface area contributed by atoms with E-state index in [-0.39, 0.29) is 6.04 Å². The summed E-state index contributed by atoms with van der Waals surface area (Å²) < 4.78 is 0. The number of hydrogen-bond donors (Lipinski definition) is 1. The van der Waals surface area contributed by atoms with Gasteiger partial charge in [-0.05, 0) is 13.3 Å². The molecule has 0 heterocycles. The molecule has 0 radical (unpaired) electrons. The summed E-state index contributed by atoms with van der Waals surface area (Å²) in [6.45, 7) is 4.14. The molecule has 0 aromatic rings. The Morgan fingerprint density at radius 1 is 1.62 bits per heavy atom. The molecule has 0 bridgehead atoms. The molecule has 1 unspecified atom stereocenters. The van der Waals surface area contributed by atoms with Crippen LogP contribution in [-0.4, -0.2) is 6.04 Å². The molecule has 0 aromatic heterocycles. The summed E-state index contributed by atoms with van der Waals surface area (Å²) in [5.74, 6) is 0. The van der Waals surface area contributed by atoms with E-state index >= 15 is 0 Å². The van der Waals surface area contributed by atoms with Gasteiger partial charge in [-0.15, -0.1) is 0 Å². The average molecular weight is 113 g/mol. The first kappa shape index (κ1) is 7.70. The van der Waals surface area contributed by atoms with Crippen LogP contribution < -0.4 is 5.73 Å². The Labute approximate surface area is 51.6 Å². The number of nitrogens with two attached hydrogens (primary N) is 1. The second-order valence-corrected chi connectivity index (χ2v) is 1.98. The Bertz CT molecular complexity index is 66.8. The smallest absolute Gasteiger partial charge is 0.0223 e. The second-order valence-electron chi connectivity index (χ2n) is 1.98. The van der Waals surface area contributed by atoms with Crippen LogP contribution >= 0.6 is 0 Å². The Kier molecular flexibility index (Phi) is 4.67. The maximum atomic E-state index is 5.61. The Morgan fingerprint density at radius 3 is 2.62 bits per heavy atom. The van der Waals surface area contributed by atoms with Gasteiger partial charge < -0.3 is 5.73 Å². The largest absolute Gasteiger partial charge is 0.324 e. The third-order valence-corrected chi connectivity index (χ3v) is 1.06. The van der Waals surface area contributed by atoms with Crippen LogP contribution in [0.25, 0.3) is 0 Å². The minimum Gasteiger partial charge on any atom is -0.324 e. The van der Waals surface area contributed by atoms with Gasteiger partial charge in [0.1, 0.15) is 0 Å². The van der Waals surface area contributed by atoms with Gasteiger partial charge in [0.05, 0.1) is 0 Å². The van der Waals surface area contributed by atoms with Gasteiger partial charge in [-0.25, -0.2) is 0 Å². The standard InChI is InChI=1S/C7H15N/c1-3-5-7(8)6-4-2/h3,5,7H,4,6,8H2,1-2H3. The van der Waals surface area contributed by atoms with Crippen molar-refractivity contribution in [2.24, 2.45) is 5.73 Å². The van der Waals surface area contributed by atoms with Gasteiger partial charge >= 0.3 is 0 Å². The molecule has 8 heavy (non-hydrogen) atoms. The molecule has 0 rings (SSSR count). The van der Waals surface area contributed by atoms with Crippen molar-refractivity contribution in [3.8, 4) is 0 Å². The molecule has 0 aliphatic carbocycles. The van der Waals surface area contributed by atoms with Gasteiger partial charge in [-0.3, -0.25) is 0 Å². The summed E-state index contributed by atoms with van der Waals surface area (Å²) in [6, 6.07) is 0.282. The number of allylic oxidation sites excluding steroid dienone is 1. The Hall–Kier alpha value is -0.300. The number of hydrogen-bond acceptors (Lipinski definition) is 1. The zero-order chi connectivity index (χ0) is 6.41. The van der Waals surface area contributed by atoms with E-state index in [1.165, 1.54) is 6.42 Å². The van der Waals surface area contributed by atoms with Crippen molar-refractivity contribution >= 4 is 0 Å². The third-order valence-electron chi connectivity index (χ3n) is 1.06. The SMILES string of the molecule is CC=CC(N)CCC. The lowest BCUT2D eigenvalue weighted by Gasteiger charge is -2.00. The topological polar surface area (TPSA) is 26.0 Å². The molecule has 0 amide bonds. The third kappa shape index (κ3) is 3.88. The Morgan fingerprint density at radius 2 is 2.25 bits per heavy atom. The molecule has 2 N–H and O–H groups in total. The Balaban J connectivity index is 3.17. The predicted molar refractivity (Wildman–Crippen MR) is 37.7 cm³/mol. The first-order chi connectivity index (χ1) is 3.81. The highest BCUT2D eigenvalue weighted by Gasteiger charge is 1.90. The maximum Gasteiger partial charge on any atom is 0.0223 e. The van der Waals surface area contributed by atoms with Gasteiger partial charge in [0.2, 0.25) is 0 Å². The van der Waals surface area contributed by atoms with E-state index in [1.807, 2.05) is 19.1 Å². The fourth-order valence-electron chi connectivity index (χ4n) is 0.677. The van der Waals surface area contributed by atoms with E-state index in [2.05, 4.69) is 6.92 Å². The lowest BCUT2D eigenvalue weighted by Crippen LogP contribution is -2.15. The van der Waals surface area contributed by atoms with Crippen molar-refractivity contribution in [1.29, 1.82) is 0 Å². The first-order valence-electron chi connectivity index (χ1n) is 3.19. The van der Waals surface area contributed by atoms with Crippen LogP contribution in [0.3, 0.4) is 0 Å². The molecule has 48 valence electrons. The van der Waals surface area contributed by atoms with Crippen LogP contribution in [0.4, 0.5) is 0 Å². The zero-order valence-electron chi connectivity index (χ0n) is 5.72. The van der Waals surface area contributed by atoms with E-state index in [0.29, 0.717) is 0 Å². The lowest BCUT2D eigenvalue weighted by atomic mass is 10.2. The van der Waals surface area contributed by atoms with Crippen LogP contribution in [0.15, 0.2) is 12.2 Å². The van der Waals surface area contributed by atoms with Crippen LogP contribution in [-0.2, 0) is 0 Å². The van der Waals surface area contributed by atoms with Crippen LogP contribution in [0, 0.1) is 0 Å². The van der Waals surface area contributed by atoms with Crippen molar-refractivity contribution in [1.82, 2.24) is 0 Å². The summed E-state index contributed by atoms with van der Waals surface area (Å²) in [5.41, 5.74) is 5.61. The summed E-state index contributed by atoms with van der Waals surface area (Å²) in [5, 5.41) is 0. The monoisotopic (exact) mass is 113 g/mol. The van der Waals surface area contributed by atoms with Crippen molar-refractivity contribution in [3.05, 3.63) is 12.2 Å². The van der Waals surface area contributed by atoms with Crippen LogP contribution in [0.1, 0.15) is 26.7 Å². The highest BCUT2D eigenvalue weighted by atomic mass is 14.6. The fourth-order valence-corrected chi connectivity index (χ4v) is 0.677. The molecule has 0 fully saturated rings. The quantitative estimate of drug-likeness (QED) is 0.554.